The maximum absolute atomic E-state index is 13.0. The first kappa shape index (κ1) is 17.6. The molecule has 0 aliphatic carbocycles. The molecule has 3 heterocycles. The number of alkyl halides is 3. The van der Waals surface area contributed by atoms with Gasteiger partial charge in [0.15, 0.2) is 5.69 Å². The fraction of sp³-hybridized carbons (Fsp3) is 0.167. The summed E-state index contributed by atoms with van der Waals surface area (Å²) in [7, 11) is 0. The van der Waals surface area contributed by atoms with Crippen molar-refractivity contribution in [3.05, 3.63) is 76.1 Å². The lowest BCUT2D eigenvalue weighted by molar-refractivity contribution is -0.137. The van der Waals surface area contributed by atoms with E-state index in [4.69, 9.17) is 0 Å². The lowest BCUT2D eigenvalue weighted by Gasteiger charge is -2.14. The molecule has 0 amide bonds. The Hall–Kier alpha value is -2.81. The summed E-state index contributed by atoms with van der Waals surface area (Å²) in [4.78, 5) is 12.4. The molecule has 1 aromatic carbocycles. The average Bonchev–Trinajstić information content (AvgIpc) is 3.33. The highest BCUT2D eigenvalue weighted by atomic mass is 32.2. The molecule has 1 aliphatic heterocycles. The molecule has 0 bridgehead atoms. The van der Waals surface area contributed by atoms with Gasteiger partial charge in [-0.2, -0.15) is 23.4 Å². The number of hydrogen-bond donors (Lipinski definition) is 0. The van der Waals surface area contributed by atoms with Crippen molar-refractivity contribution in [2.75, 3.05) is 0 Å². The molecule has 0 spiro atoms. The number of rotatable bonds is 3. The highest BCUT2D eigenvalue weighted by Gasteiger charge is 2.30. The molecule has 5 nitrogen and oxygen atoms in total. The van der Waals surface area contributed by atoms with Crippen molar-refractivity contribution in [2.24, 2.45) is 0 Å². The second kappa shape index (κ2) is 6.73. The van der Waals surface area contributed by atoms with E-state index in [1.165, 1.54) is 29.1 Å². The Morgan fingerprint density at radius 3 is 2.78 bits per heavy atom. The second-order valence-electron chi connectivity index (χ2n) is 5.88. The topological polar surface area (TPSA) is 52.7 Å². The van der Waals surface area contributed by atoms with Crippen molar-refractivity contribution >= 4 is 11.8 Å². The SMILES string of the molecule is O=c1ccn(-c2cccc(C(F)(F)F)c2)nc1-c1ccnn1C1CC=CS1. The summed E-state index contributed by atoms with van der Waals surface area (Å²) in [5.41, 5.74) is -0.215. The number of aromatic nitrogens is 4. The third-order valence-corrected chi connectivity index (χ3v) is 5.16. The van der Waals surface area contributed by atoms with E-state index in [2.05, 4.69) is 10.2 Å². The number of hydrogen-bond acceptors (Lipinski definition) is 4. The van der Waals surface area contributed by atoms with Crippen LogP contribution in [0.3, 0.4) is 0 Å². The maximum Gasteiger partial charge on any atom is 0.416 e. The van der Waals surface area contributed by atoms with Crippen LogP contribution < -0.4 is 5.43 Å². The molecule has 27 heavy (non-hydrogen) atoms. The Morgan fingerprint density at radius 1 is 1.19 bits per heavy atom. The molecule has 2 aromatic heterocycles. The van der Waals surface area contributed by atoms with Gasteiger partial charge in [0.1, 0.15) is 5.37 Å². The largest absolute Gasteiger partial charge is 0.416 e. The third-order valence-electron chi connectivity index (χ3n) is 4.10. The molecule has 0 radical (unpaired) electrons. The minimum atomic E-state index is -4.46. The number of allylic oxidation sites excluding steroid dienone is 1. The van der Waals surface area contributed by atoms with Crippen LogP contribution in [-0.2, 0) is 6.18 Å². The van der Waals surface area contributed by atoms with Crippen LogP contribution in [-0.4, -0.2) is 19.6 Å². The first-order valence-electron chi connectivity index (χ1n) is 8.05. The van der Waals surface area contributed by atoms with E-state index in [1.807, 2.05) is 11.5 Å². The van der Waals surface area contributed by atoms with E-state index >= 15 is 0 Å². The van der Waals surface area contributed by atoms with Gasteiger partial charge in [0.2, 0.25) is 5.43 Å². The Bertz CT molecular complexity index is 1060. The monoisotopic (exact) mass is 390 g/mol. The highest BCUT2D eigenvalue weighted by Crippen LogP contribution is 2.35. The van der Waals surface area contributed by atoms with Gasteiger partial charge in [-0.15, -0.1) is 11.8 Å². The molecule has 1 aliphatic rings. The smallest absolute Gasteiger partial charge is 0.287 e. The third kappa shape index (κ3) is 3.42. The molecular weight excluding hydrogens is 377 g/mol. The molecule has 0 N–H and O–H groups in total. The lowest BCUT2D eigenvalue weighted by Crippen LogP contribution is -2.16. The van der Waals surface area contributed by atoms with Crippen molar-refractivity contribution in [1.82, 2.24) is 19.6 Å². The molecule has 3 aromatic rings. The zero-order valence-corrected chi connectivity index (χ0v) is 14.6. The zero-order valence-electron chi connectivity index (χ0n) is 13.8. The van der Waals surface area contributed by atoms with Gasteiger partial charge in [0.25, 0.3) is 0 Å². The Labute approximate surface area is 156 Å². The van der Waals surface area contributed by atoms with Crippen LogP contribution in [0.2, 0.25) is 0 Å². The van der Waals surface area contributed by atoms with Gasteiger partial charge in [-0.05, 0) is 36.1 Å². The van der Waals surface area contributed by atoms with Crippen molar-refractivity contribution in [2.45, 2.75) is 18.0 Å². The van der Waals surface area contributed by atoms with Crippen LogP contribution in [0.15, 0.2) is 65.1 Å². The van der Waals surface area contributed by atoms with Gasteiger partial charge in [-0.25, -0.2) is 9.36 Å². The molecule has 9 heteroatoms. The lowest BCUT2D eigenvalue weighted by atomic mass is 10.2. The van der Waals surface area contributed by atoms with Gasteiger partial charge in [-0.3, -0.25) is 4.79 Å². The number of nitrogens with zero attached hydrogens (tertiary/aromatic N) is 4. The molecule has 1 unspecified atom stereocenters. The zero-order chi connectivity index (χ0) is 19.0. The van der Waals surface area contributed by atoms with Crippen LogP contribution >= 0.6 is 11.8 Å². The van der Waals surface area contributed by atoms with Gasteiger partial charge >= 0.3 is 6.18 Å². The van der Waals surface area contributed by atoms with Gasteiger partial charge in [0, 0.05) is 18.5 Å². The normalized spacial score (nSPS) is 16.8. The fourth-order valence-corrected chi connectivity index (χ4v) is 3.73. The summed E-state index contributed by atoms with van der Waals surface area (Å²) >= 11 is 1.58. The van der Waals surface area contributed by atoms with E-state index in [9.17, 15) is 18.0 Å². The van der Waals surface area contributed by atoms with Gasteiger partial charge in [-0.1, -0.05) is 12.1 Å². The first-order chi connectivity index (χ1) is 12.9. The van der Waals surface area contributed by atoms with E-state index in [0.717, 1.165) is 18.6 Å². The minimum absolute atomic E-state index is 0.0263. The summed E-state index contributed by atoms with van der Waals surface area (Å²) in [6, 6.07) is 7.77. The standard InChI is InChI=1S/C18H13F3N4OS/c19-18(20,21)12-3-1-4-13(11-12)24-9-7-15(26)17(23-24)14-6-8-22-25(14)16-5-2-10-27-16/h1-4,6-11,16H,5H2. The number of benzene rings is 1. The molecule has 0 saturated heterocycles. The van der Waals surface area contributed by atoms with E-state index < -0.39 is 11.7 Å². The molecule has 138 valence electrons. The summed E-state index contributed by atoms with van der Waals surface area (Å²) in [5.74, 6) is 0. The first-order valence-corrected chi connectivity index (χ1v) is 9.00. The van der Waals surface area contributed by atoms with E-state index in [1.54, 1.807) is 28.7 Å². The van der Waals surface area contributed by atoms with Crippen LogP contribution in [0.25, 0.3) is 17.1 Å². The molecule has 4 rings (SSSR count). The molecular formula is C18H13F3N4OS. The van der Waals surface area contributed by atoms with Gasteiger partial charge < -0.3 is 0 Å². The van der Waals surface area contributed by atoms with Crippen molar-refractivity contribution in [3.8, 4) is 17.1 Å². The summed E-state index contributed by atoms with van der Waals surface area (Å²) in [5, 5.41) is 10.6. The van der Waals surface area contributed by atoms with E-state index in [0.29, 0.717) is 5.69 Å². The van der Waals surface area contributed by atoms with Crippen LogP contribution in [0, 0.1) is 0 Å². The van der Waals surface area contributed by atoms with Crippen molar-refractivity contribution in [3.63, 3.8) is 0 Å². The second-order valence-corrected chi connectivity index (χ2v) is 6.97. The number of thioether (sulfide) groups is 1. The summed E-state index contributed by atoms with van der Waals surface area (Å²) in [6.07, 6.45) is 1.27. The van der Waals surface area contributed by atoms with Crippen molar-refractivity contribution in [1.29, 1.82) is 0 Å². The maximum atomic E-state index is 13.0. The fourth-order valence-electron chi connectivity index (χ4n) is 2.82. The van der Waals surface area contributed by atoms with Crippen LogP contribution in [0.1, 0.15) is 17.4 Å². The van der Waals surface area contributed by atoms with Crippen LogP contribution in [0.4, 0.5) is 13.2 Å². The van der Waals surface area contributed by atoms with E-state index in [-0.39, 0.29) is 22.2 Å². The average molecular weight is 390 g/mol. The predicted molar refractivity (Wildman–Crippen MR) is 96.4 cm³/mol. The highest BCUT2D eigenvalue weighted by molar-refractivity contribution is 8.02. The molecule has 0 fully saturated rings. The van der Waals surface area contributed by atoms with Crippen molar-refractivity contribution < 1.29 is 13.2 Å². The Kier molecular flexibility index (Phi) is 4.39. The van der Waals surface area contributed by atoms with Gasteiger partial charge in [0.05, 0.1) is 16.9 Å². The Morgan fingerprint density at radius 2 is 2.04 bits per heavy atom. The quantitative estimate of drug-likeness (QED) is 0.670. The minimum Gasteiger partial charge on any atom is -0.287 e. The summed E-state index contributed by atoms with van der Waals surface area (Å²) < 4.78 is 41.9. The summed E-state index contributed by atoms with van der Waals surface area (Å²) in [6.45, 7) is 0. The Balaban J connectivity index is 1.78. The predicted octanol–water partition coefficient (Wildman–Crippen LogP) is 4.26. The molecule has 1 atom stereocenters. The molecule has 0 saturated carbocycles. The number of halogens is 3. The van der Waals surface area contributed by atoms with Crippen LogP contribution in [0.5, 0.6) is 0 Å².